The first-order valence-electron chi connectivity index (χ1n) is 7.37. The van der Waals surface area contributed by atoms with Gasteiger partial charge < -0.3 is 5.32 Å². The van der Waals surface area contributed by atoms with Gasteiger partial charge in [-0.15, -0.1) is 0 Å². The Hall–Kier alpha value is -2.59. The molecule has 1 aliphatic carbocycles. The monoisotopic (exact) mass is 381 g/mol. The van der Waals surface area contributed by atoms with Crippen molar-refractivity contribution in [1.29, 1.82) is 0 Å². The molecule has 1 N–H and O–H groups in total. The van der Waals surface area contributed by atoms with E-state index in [2.05, 4.69) is 5.10 Å². The van der Waals surface area contributed by atoms with Crippen LogP contribution >= 0.6 is 0 Å². The summed E-state index contributed by atoms with van der Waals surface area (Å²) in [5.74, 6) is -12.6. The van der Waals surface area contributed by atoms with Crippen molar-refractivity contribution in [3.63, 3.8) is 0 Å². The lowest BCUT2D eigenvalue weighted by Gasteiger charge is -2.11. The molecule has 0 atom stereocenters. The molecule has 2 aromatic rings. The van der Waals surface area contributed by atoms with Gasteiger partial charge in [0.2, 0.25) is 11.7 Å². The van der Waals surface area contributed by atoms with E-state index in [1.54, 1.807) is 0 Å². The van der Waals surface area contributed by atoms with E-state index in [9.17, 15) is 35.5 Å². The van der Waals surface area contributed by atoms with Crippen LogP contribution in [0.1, 0.15) is 36.6 Å². The number of anilines is 1. The Kier molecular flexibility index (Phi) is 4.63. The van der Waals surface area contributed by atoms with Crippen LogP contribution < -0.4 is 5.32 Å². The number of benzene rings is 1. The highest BCUT2D eigenvalue weighted by Crippen LogP contribution is 2.40. The maximum absolute atomic E-state index is 13.5. The standard InChI is InChI=1S/C15H10F7N3O/c16-9-10(17)12(19)14(13(20)11(9)18)23-8(26)4-25-7(15(21)22)3-6(24-25)5-1-2-5/h3,5,15H,1-2,4H2,(H,23,26). The fourth-order valence-electron chi connectivity index (χ4n) is 2.36. The molecule has 26 heavy (non-hydrogen) atoms. The number of amides is 1. The van der Waals surface area contributed by atoms with Crippen molar-refractivity contribution in [1.82, 2.24) is 9.78 Å². The average molecular weight is 381 g/mol. The van der Waals surface area contributed by atoms with Gasteiger partial charge in [0.05, 0.1) is 5.69 Å². The molecule has 1 heterocycles. The molecule has 0 bridgehead atoms. The molecule has 1 aromatic carbocycles. The van der Waals surface area contributed by atoms with Crippen molar-refractivity contribution < 1.29 is 35.5 Å². The molecule has 140 valence electrons. The van der Waals surface area contributed by atoms with Gasteiger partial charge in [-0.25, -0.2) is 30.7 Å². The van der Waals surface area contributed by atoms with Gasteiger partial charge in [0, 0.05) is 5.92 Å². The van der Waals surface area contributed by atoms with E-state index in [0.717, 1.165) is 18.9 Å². The zero-order valence-corrected chi connectivity index (χ0v) is 12.8. The van der Waals surface area contributed by atoms with Crippen LogP contribution in [0.25, 0.3) is 0 Å². The minimum absolute atomic E-state index is 0.00647. The van der Waals surface area contributed by atoms with Gasteiger partial charge in [0.1, 0.15) is 17.9 Å². The Labute approximate surface area is 141 Å². The van der Waals surface area contributed by atoms with Crippen molar-refractivity contribution >= 4 is 11.6 Å². The lowest BCUT2D eigenvalue weighted by atomic mass is 10.2. The molecule has 1 saturated carbocycles. The second-order valence-electron chi connectivity index (χ2n) is 5.72. The third kappa shape index (κ3) is 3.25. The first-order valence-corrected chi connectivity index (χ1v) is 7.37. The molecule has 4 nitrogen and oxygen atoms in total. The molecule has 0 aliphatic heterocycles. The highest BCUT2D eigenvalue weighted by molar-refractivity contribution is 5.90. The molecule has 1 amide bonds. The predicted molar refractivity (Wildman–Crippen MR) is 74.0 cm³/mol. The number of carbonyl (C=O) groups is 1. The lowest BCUT2D eigenvalue weighted by Crippen LogP contribution is -2.23. The van der Waals surface area contributed by atoms with E-state index >= 15 is 0 Å². The van der Waals surface area contributed by atoms with Gasteiger partial charge in [-0.3, -0.25) is 9.48 Å². The molecule has 0 radical (unpaired) electrons. The normalized spacial score (nSPS) is 14.2. The van der Waals surface area contributed by atoms with Crippen LogP contribution in [0.2, 0.25) is 0 Å². The van der Waals surface area contributed by atoms with Crippen LogP contribution in [0.3, 0.4) is 0 Å². The Bertz CT molecular complexity index is 848. The molecule has 11 heteroatoms. The maximum Gasteiger partial charge on any atom is 0.280 e. The van der Waals surface area contributed by atoms with Gasteiger partial charge >= 0.3 is 0 Å². The SMILES string of the molecule is O=C(Cn1nc(C2CC2)cc1C(F)F)Nc1c(F)c(F)c(F)c(F)c1F. The highest BCUT2D eigenvalue weighted by Gasteiger charge is 2.30. The molecule has 0 spiro atoms. The van der Waals surface area contributed by atoms with Gasteiger partial charge in [0.25, 0.3) is 6.43 Å². The van der Waals surface area contributed by atoms with Crippen LogP contribution in [0.4, 0.5) is 36.4 Å². The van der Waals surface area contributed by atoms with Gasteiger partial charge in [-0.1, -0.05) is 0 Å². The van der Waals surface area contributed by atoms with Gasteiger partial charge in [-0.2, -0.15) is 5.10 Å². The molecule has 1 fully saturated rings. The van der Waals surface area contributed by atoms with Crippen LogP contribution in [0.5, 0.6) is 0 Å². The number of aromatic nitrogens is 2. The fraction of sp³-hybridized carbons (Fsp3) is 0.333. The summed E-state index contributed by atoms with van der Waals surface area (Å²) < 4.78 is 93.0. The van der Waals surface area contributed by atoms with Gasteiger partial charge in [-0.05, 0) is 18.9 Å². The van der Waals surface area contributed by atoms with E-state index in [-0.39, 0.29) is 5.92 Å². The quantitative estimate of drug-likeness (QED) is 0.483. The fourth-order valence-corrected chi connectivity index (χ4v) is 2.36. The summed E-state index contributed by atoms with van der Waals surface area (Å²) in [5, 5.41) is 5.36. The van der Waals surface area contributed by atoms with Crippen LogP contribution in [-0.4, -0.2) is 15.7 Å². The number of carbonyl (C=O) groups excluding carboxylic acids is 1. The topological polar surface area (TPSA) is 46.9 Å². The molecular formula is C15H10F7N3O. The first kappa shape index (κ1) is 18.2. The number of alkyl halides is 2. The maximum atomic E-state index is 13.5. The van der Waals surface area contributed by atoms with E-state index in [1.807, 2.05) is 0 Å². The average Bonchev–Trinajstić information content (AvgIpc) is 3.36. The number of nitrogens with one attached hydrogen (secondary N) is 1. The number of hydrogen-bond acceptors (Lipinski definition) is 2. The lowest BCUT2D eigenvalue weighted by molar-refractivity contribution is -0.117. The second-order valence-corrected chi connectivity index (χ2v) is 5.72. The Morgan fingerprint density at radius 1 is 1.08 bits per heavy atom. The molecule has 0 saturated heterocycles. The summed E-state index contributed by atoms with van der Waals surface area (Å²) in [7, 11) is 0. The Morgan fingerprint density at radius 2 is 1.62 bits per heavy atom. The zero-order chi connectivity index (χ0) is 19.2. The largest absolute Gasteiger partial charge is 0.319 e. The summed E-state index contributed by atoms with van der Waals surface area (Å²) in [6, 6.07) is 1.12. The van der Waals surface area contributed by atoms with Crippen LogP contribution in [0, 0.1) is 29.1 Å². The Balaban J connectivity index is 1.84. The van der Waals surface area contributed by atoms with Crippen molar-refractivity contribution in [2.24, 2.45) is 0 Å². The minimum atomic E-state index is -2.96. The molecule has 0 unspecified atom stereocenters. The highest BCUT2D eigenvalue weighted by atomic mass is 19.3. The van der Waals surface area contributed by atoms with E-state index in [0.29, 0.717) is 10.4 Å². The minimum Gasteiger partial charge on any atom is -0.319 e. The number of nitrogens with zero attached hydrogens (tertiary/aromatic N) is 2. The predicted octanol–water partition coefficient (Wildman–Crippen LogP) is 4.03. The third-order valence-corrected chi connectivity index (χ3v) is 3.82. The molecule has 3 rings (SSSR count). The van der Waals surface area contributed by atoms with E-state index < -0.39 is 59.3 Å². The number of halogens is 7. The van der Waals surface area contributed by atoms with Crippen molar-refractivity contribution in [3.8, 4) is 0 Å². The summed E-state index contributed by atoms with van der Waals surface area (Å²) in [5.41, 5.74) is -1.79. The number of hydrogen-bond donors (Lipinski definition) is 1. The zero-order valence-electron chi connectivity index (χ0n) is 12.8. The first-order chi connectivity index (χ1) is 12.2. The summed E-state index contributed by atoms with van der Waals surface area (Å²) >= 11 is 0. The molecule has 1 aromatic heterocycles. The Morgan fingerprint density at radius 3 is 2.12 bits per heavy atom. The van der Waals surface area contributed by atoms with Crippen LogP contribution in [0.15, 0.2) is 6.07 Å². The van der Waals surface area contributed by atoms with Crippen molar-refractivity contribution in [3.05, 3.63) is 46.5 Å². The summed E-state index contributed by atoms with van der Waals surface area (Å²) in [6.45, 7) is -0.883. The third-order valence-electron chi connectivity index (χ3n) is 3.82. The van der Waals surface area contributed by atoms with E-state index in [4.69, 9.17) is 0 Å². The second kappa shape index (κ2) is 6.61. The molecular weight excluding hydrogens is 371 g/mol. The van der Waals surface area contributed by atoms with E-state index in [1.165, 1.54) is 5.32 Å². The smallest absolute Gasteiger partial charge is 0.280 e. The summed E-state index contributed by atoms with van der Waals surface area (Å²) in [4.78, 5) is 11.9. The van der Waals surface area contributed by atoms with Crippen molar-refractivity contribution in [2.45, 2.75) is 31.7 Å². The van der Waals surface area contributed by atoms with Crippen LogP contribution in [-0.2, 0) is 11.3 Å². The number of rotatable bonds is 5. The summed E-state index contributed by atoms with van der Waals surface area (Å²) in [6.07, 6.45) is -1.44. The molecule has 1 aliphatic rings. The van der Waals surface area contributed by atoms with Gasteiger partial charge in [0.15, 0.2) is 23.3 Å². The van der Waals surface area contributed by atoms with Crippen molar-refractivity contribution in [2.75, 3.05) is 5.32 Å².